The van der Waals surface area contributed by atoms with Crippen molar-refractivity contribution in [3.05, 3.63) is 47.5 Å². The third-order valence-electron chi connectivity index (χ3n) is 2.04. The molecule has 0 aromatic heterocycles. The van der Waals surface area contributed by atoms with Gasteiger partial charge >= 0.3 is 11.9 Å². The molecule has 2 N–H and O–H groups in total. The van der Waals surface area contributed by atoms with Crippen LogP contribution in [0.3, 0.4) is 0 Å². The van der Waals surface area contributed by atoms with E-state index >= 15 is 0 Å². The molecule has 4 nitrogen and oxygen atoms in total. The van der Waals surface area contributed by atoms with Crippen LogP contribution >= 0.6 is 0 Å². The molecule has 1 rings (SSSR count). The van der Waals surface area contributed by atoms with Gasteiger partial charge in [0.05, 0.1) is 6.42 Å². The SMILES string of the molecule is O=C(O)CC(=CCc1ccccc1)C(=O)O. The molecule has 0 aliphatic carbocycles. The van der Waals surface area contributed by atoms with Gasteiger partial charge in [0.1, 0.15) is 0 Å². The van der Waals surface area contributed by atoms with Crippen molar-refractivity contribution >= 4 is 11.9 Å². The molecule has 84 valence electrons. The number of hydrogen-bond donors (Lipinski definition) is 2. The second-order valence-corrected chi connectivity index (χ2v) is 3.29. The predicted molar refractivity (Wildman–Crippen MR) is 58.1 cm³/mol. The summed E-state index contributed by atoms with van der Waals surface area (Å²) in [6.45, 7) is 0. The van der Waals surface area contributed by atoms with Gasteiger partial charge in [0.25, 0.3) is 0 Å². The van der Waals surface area contributed by atoms with E-state index < -0.39 is 18.4 Å². The molecular formula is C12H12O4. The molecule has 0 bridgehead atoms. The van der Waals surface area contributed by atoms with E-state index in [-0.39, 0.29) is 5.57 Å². The topological polar surface area (TPSA) is 74.6 Å². The van der Waals surface area contributed by atoms with Gasteiger partial charge in [-0.05, 0) is 12.0 Å². The van der Waals surface area contributed by atoms with Crippen LogP contribution in [0, 0.1) is 0 Å². The van der Waals surface area contributed by atoms with Gasteiger partial charge in [-0.25, -0.2) is 4.79 Å². The highest BCUT2D eigenvalue weighted by molar-refractivity contribution is 5.92. The highest BCUT2D eigenvalue weighted by Gasteiger charge is 2.10. The Labute approximate surface area is 92.8 Å². The van der Waals surface area contributed by atoms with E-state index in [1.54, 1.807) is 0 Å². The molecule has 16 heavy (non-hydrogen) atoms. The number of carbonyl (C=O) groups is 2. The van der Waals surface area contributed by atoms with Gasteiger partial charge < -0.3 is 10.2 Å². The smallest absolute Gasteiger partial charge is 0.331 e. The van der Waals surface area contributed by atoms with Crippen molar-refractivity contribution in [3.8, 4) is 0 Å². The van der Waals surface area contributed by atoms with Gasteiger partial charge in [-0.15, -0.1) is 0 Å². The number of carboxylic acid groups (broad SMARTS) is 2. The van der Waals surface area contributed by atoms with Crippen LogP contribution in [0.25, 0.3) is 0 Å². The number of carboxylic acids is 2. The summed E-state index contributed by atoms with van der Waals surface area (Å²) in [4.78, 5) is 21.1. The molecule has 0 unspecified atom stereocenters. The number of benzene rings is 1. The predicted octanol–water partition coefficient (Wildman–Crippen LogP) is 1.71. The Bertz CT molecular complexity index is 406. The summed E-state index contributed by atoms with van der Waals surface area (Å²) < 4.78 is 0. The number of rotatable bonds is 5. The Morgan fingerprint density at radius 3 is 2.25 bits per heavy atom. The molecule has 4 heteroatoms. The van der Waals surface area contributed by atoms with E-state index in [4.69, 9.17) is 10.2 Å². The molecule has 0 aliphatic rings. The maximum atomic E-state index is 10.7. The third-order valence-corrected chi connectivity index (χ3v) is 2.04. The fraction of sp³-hybridized carbons (Fsp3) is 0.167. The first-order chi connectivity index (χ1) is 7.59. The minimum Gasteiger partial charge on any atom is -0.481 e. The first-order valence-electron chi connectivity index (χ1n) is 4.77. The van der Waals surface area contributed by atoms with E-state index in [0.29, 0.717) is 6.42 Å². The molecule has 0 radical (unpaired) electrons. The van der Waals surface area contributed by atoms with Crippen LogP contribution in [0.15, 0.2) is 42.0 Å². The van der Waals surface area contributed by atoms with Crippen molar-refractivity contribution in [1.29, 1.82) is 0 Å². The molecule has 0 aliphatic heterocycles. The zero-order valence-electron chi connectivity index (χ0n) is 8.59. The highest BCUT2D eigenvalue weighted by Crippen LogP contribution is 2.06. The summed E-state index contributed by atoms with van der Waals surface area (Å²) in [6.07, 6.45) is 1.41. The summed E-state index contributed by atoms with van der Waals surface area (Å²) in [5.41, 5.74) is 0.864. The summed E-state index contributed by atoms with van der Waals surface area (Å²) in [7, 11) is 0. The third kappa shape index (κ3) is 3.96. The van der Waals surface area contributed by atoms with E-state index in [9.17, 15) is 9.59 Å². The van der Waals surface area contributed by atoms with E-state index in [0.717, 1.165) is 5.56 Å². The Kier molecular flexibility index (Phi) is 4.27. The number of hydrogen-bond acceptors (Lipinski definition) is 2. The Hall–Kier alpha value is -2.10. The normalized spacial score (nSPS) is 11.1. The molecule has 1 aromatic rings. The Balaban J connectivity index is 2.72. The van der Waals surface area contributed by atoms with E-state index in [1.807, 2.05) is 30.3 Å². The molecular weight excluding hydrogens is 208 g/mol. The molecule has 0 spiro atoms. The lowest BCUT2D eigenvalue weighted by atomic mass is 10.1. The zero-order chi connectivity index (χ0) is 12.0. The van der Waals surface area contributed by atoms with Crippen LogP contribution < -0.4 is 0 Å². The minimum absolute atomic E-state index is 0.0867. The highest BCUT2D eigenvalue weighted by atomic mass is 16.4. The average molecular weight is 220 g/mol. The van der Waals surface area contributed by atoms with Crippen LogP contribution in [0.4, 0.5) is 0 Å². The van der Waals surface area contributed by atoms with Crippen molar-refractivity contribution in [2.24, 2.45) is 0 Å². The van der Waals surface area contributed by atoms with Crippen LogP contribution in [0.5, 0.6) is 0 Å². The summed E-state index contributed by atoms with van der Waals surface area (Å²) in [5.74, 6) is -2.32. The maximum absolute atomic E-state index is 10.7. The molecule has 0 heterocycles. The summed E-state index contributed by atoms with van der Waals surface area (Å²) in [5, 5.41) is 17.3. The van der Waals surface area contributed by atoms with Gasteiger partial charge in [0.2, 0.25) is 0 Å². The summed E-state index contributed by atoms with van der Waals surface area (Å²) >= 11 is 0. The fourth-order valence-corrected chi connectivity index (χ4v) is 1.25. The minimum atomic E-state index is -1.18. The van der Waals surface area contributed by atoms with Crippen LogP contribution in [0.2, 0.25) is 0 Å². The average Bonchev–Trinajstić information content (AvgIpc) is 2.25. The van der Waals surface area contributed by atoms with Crippen molar-refractivity contribution in [1.82, 2.24) is 0 Å². The molecule has 0 saturated carbocycles. The fourth-order valence-electron chi connectivity index (χ4n) is 1.25. The van der Waals surface area contributed by atoms with Crippen molar-refractivity contribution < 1.29 is 19.8 Å². The van der Waals surface area contributed by atoms with Crippen molar-refractivity contribution in [3.63, 3.8) is 0 Å². The van der Waals surface area contributed by atoms with Crippen LogP contribution in [0.1, 0.15) is 12.0 Å². The quantitative estimate of drug-likeness (QED) is 0.741. The standard InChI is InChI=1S/C12H12O4/c13-11(14)8-10(12(15)16)7-6-9-4-2-1-3-5-9/h1-5,7H,6,8H2,(H,13,14)(H,15,16). The van der Waals surface area contributed by atoms with Crippen molar-refractivity contribution in [2.45, 2.75) is 12.8 Å². The van der Waals surface area contributed by atoms with Crippen molar-refractivity contribution in [2.75, 3.05) is 0 Å². The largest absolute Gasteiger partial charge is 0.481 e. The molecule has 0 fully saturated rings. The lowest BCUT2D eigenvalue weighted by molar-refractivity contribution is -0.139. The van der Waals surface area contributed by atoms with Gasteiger partial charge in [-0.1, -0.05) is 36.4 Å². The molecule has 0 atom stereocenters. The molecule has 1 aromatic carbocycles. The van der Waals surface area contributed by atoms with Gasteiger partial charge in [0, 0.05) is 5.57 Å². The lowest BCUT2D eigenvalue weighted by Gasteiger charge is -1.99. The second-order valence-electron chi connectivity index (χ2n) is 3.29. The van der Waals surface area contributed by atoms with Gasteiger partial charge in [0.15, 0.2) is 0 Å². The molecule has 0 saturated heterocycles. The maximum Gasteiger partial charge on any atom is 0.331 e. The zero-order valence-corrected chi connectivity index (χ0v) is 8.59. The monoisotopic (exact) mass is 220 g/mol. The van der Waals surface area contributed by atoms with E-state index in [1.165, 1.54) is 6.08 Å². The number of allylic oxidation sites excluding steroid dienone is 1. The van der Waals surface area contributed by atoms with E-state index in [2.05, 4.69) is 0 Å². The first-order valence-corrected chi connectivity index (χ1v) is 4.77. The van der Waals surface area contributed by atoms with Crippen LogP contribution in [-0.2, 0) is 16.0 Å². The lowest BCUT2D eigenvalue weighted by Crippen LogP contribution is -2.07. The summed E-state index contributed by atoms with van der Waals surface area (Å²) in [6, 6.07) is 9.28. The Morgan fingerprint density at radius 1 is 1.12 bits per heavy atom. The van der Waals surface area contributed by atoms with Gasteiger partial charge in [-0.2, -0.15) is 0 Å². The molecule has 0 amide bonds. The second kappa shape index (κ2) is 5.70. The van der Waals surface area contributed by atoms with Crippen LogP contribution in [-0.4, -0.2) is 22.2 Å². The first kappa shape index (κ1) is 12.0. The Morgan fingerprint density at radius 2 is 1.75 bits per heavy atom. The van der Waals surface area contributed by atoms with Gasteiger partial charge in [-0.3, -0.25) is 4.79 Å². The number of aliphatic carboxylic acids is 2.